The number of rotatable bonds is 2. The Morgan fingerprint density at radius 3 is 2.46 bits per heavy atom. The molecule has 2 rings (SSSR count). The predicted octanol–water partition coefficient (Wildman–Crippen LogP) is 0.201. The second kappa shape index (κ2) is 3.55. The molecule has 5 heteroatoms. The molecule has 0 saturated carbocycles. The van der Waals surface area contributed by atoms with E-state index < -0.39 is 10.0 Å². The number of nitrogens with zero attached hydrogens (tertiary/aromatic N) is 1. The molecular weight excluding hydrogens is 190 g/mol. The Morgan fingerprint density at radius 1 is 1.23 bits per heavy atom. The van der Waals surface area contributed by atoms with E-state index in [9.17, 15) is 8.42 Å². The summed E-state index contributed by atoms with van der Waals surface area (Å²) in [6, 6.07) is 0. The van der Waals surface area contributed by atoms with E-state index in [0.717, 1.165) is 12.8 Å². The zero-order chi connectivity index (χ0) is 9.31. The van der Waals surface area contributed by atoms with Crippen molar-refractivity contribution < 1.29 is 13.2 Å². The number of hydrogen-bond donors (Lipinski definition) is 0. The van der Waals surface area contributed by atoms with E-state index in [2.05, 4.69) is 0 Å². The van der Waals surface area contributed by atoms with Crippen LogP contribution in [0.1, 0.15) is 19.3 Å². The van der Waals surface area contributed by atoms with Gasteiger partial charge in [-0.1, -0.05) is 0 Å². The Kier molecular flexibility index (Phi) is 2.58. The summed E-state index contributed by atoms with van der Waals surface area (Å²) in [6.45, 7) is 2.40. The molecule has 13 heavy (non-hydrogen) atoms. The molecule has 1 atom stereocenters. The van der Waals surface area contributed by atoms with Gasteiger partial charge in [0.1, 0.15) is 5.25 Å². The fourth-order valence-corrected chi connectivity index (χ4v) is 3.75. The predicted molar refractivity (Wildman–Crippen MR) is 49.0 cm³/mol. The molecule has 0 aromatic carbocycles. The quantitative estimate of drug-likeness (QED) is 0.647. The van der Waals surface area contributed by atoms with Gasteiger partial charge in [0, 0.05) is 19.7 Å². The molecule has 2 fully saturated rings. The molecular formula is C8H15NO3S. The SMILES string of the molecule is O=S(=O)(C1CCOC1)N1CCCC1. The third-order valence-electron chi connectivity index (χ3n) is 2.73. The lowest BCUT2D eigenvalue weighted by atomic mass is 10.4. The first kappa shape index (κ1) is 9.43. The minimum Gasteiger partial charge on any atom is -0.380 e. The molecule has 0 aromatic heterocycles. The van der Waals surface area contributed by atoms with Gasteiger partial charge in [-0.25, -0.2) is 12.7 Å². The molecule has 0 N–H and O–H groups in total. The lowest BCUT2D eigenvalue weighted by molar-refractivity contribution is 0.198. The van der Waals surface area contributed by atoms with Crippen LogP contribution in [0, 0.1) is 0 Å². The first-order valence-electron chi connectivity index (χ1n) is 4.78. The maximum atomic E-state index is 11.9. The van der Waals surface area contributed by atoms with E-state index in [1.54, 1.807) is 4.31 Å². The van der Waals surface area contributed by atoms with Crippen molar-refractivity contribution in [3.05, 3.63) is 0 Å². The van der Waals surface area contributed by atoms with Crippen LogP contribution in [0.25, 0.3) is 0 Å². The molecule has 1 unspecified atom stereocenters. The first-order chi connectivity index (χ1) is 6.21. The second-order valence-corrected chi connectivity index (χ2v) is 5.85. The third kappa shape index (κ3) is 1.73. The van der Waals surface area contributed by atoms with Crippen LogP contribution in [0.4, 0.5) is 0 Å². The van der Waals surface area contributed by atoms with Crippen LogP contribution < -0.4 is 0 Å². The molecule has 0 bridgehead atoms. The number of hydrogen-bond acceptors (Lipinski definition) is 3. The maximum absolute atomic E-state index is 11.9. The van der Waals surface area contributed by atoms with E-state index in [-0.39, 0.29) is 5.25 Å². The molecule has 4 nitrogen and oxygen atoms in total. The number of ether oxygens (including phenoxy) is 1. The van der Waals surface area contributed by atoms with Crippen LogP contribution in [-0.2, 0) is 14.8 Å². The molecule has 2 aliphatic rings. The lowest BCUT2D eigenvalue weighted by Gasteiger charge is -2.19. The van der Waals surface area contributed by atoms with Crippen LogP contribution in [0.15, 0.2) is 0 Å². The van der Waals surface area contributed by atoms with Crippen molar-refractivity contribution in [3.8, 4) is 0 Å². The summed E-state index contributed by atoms with van der Waals surface area (Å²) in [4.78, 5) is 0. The highest BCUT2D eigenvalue weighted by atomic mass is 32.2. The Hall–Kier alpha value is -0.130. The fraction of sp³-hybridized carbons (Fsp3) is 1.00. The zero-order valence-electron chi connectivity index (χ0n) is 7.61. The summed E-state index contributed by atoms with van der Waals surface area (Å²) in [5.74, 6) is 0. The molecule has 0 radical (unpaired) electrons. The molecule has 0 amide bonds. The van der Waals surface area contributed by atoms with Gasteiger partial charge in [0.2, 0.25) is 10.0 Å². The van der Waals surface area contributed by atoms with Crippen LogP contribution in [0.2, 0.25) is 0 Å². The van der Waals surface area contributed by atoms with Gasteiger partial charge in [-0.3, -0.25) is 0 Å². The van der Waals surface area contributed by atoms with Gasteiger partial charge in [0.25, 0.3) is 0 Å². The van der Waals surface area contributed by atoms with Crippen molar-refractivity contribution in [1.82, 2.24) is 4.31 Å². The van der Waals surface area contributed by atoms with Crippen molar-refractivity contribution in [1.29, 1.82) is 0 Å². The van der Waals surface area contributed by atoms with Crippen LogP contribution in [0.5, 0.6) is 0 Å². The first-order valence-corrected chi connectivity index (χ1v) is 6.28. The average Bonchev–Trinajstić information content (AvgIpc) is 2.78. The van der Waals surface area contributed by atoms with E-state index >= 15 is 0 Å². The smallest absolute Gasteiger partial charge is 0.219 e. The van der Waals surface area contributed by atoms with Gasteiger partial charge in [-0.15, -0.1) is 0 Å². The largest absolute Gasteiger partial charge is 0.380 e. The maximum Gasteiger partial charge on any atom is 0.219 e. The summed E-state index contributed by atoms with van der Waals surface area (Å²) in [7, 11) is -3.03. The Bertz CT molecular complexity index is 241. The van der Waals surface area contributed by atoms with Gasteiger partial charge < -0.3 is 4.74 Å². The fourth-order valence-electron chi connectivity index (χ4n) is 1.90. The third-order valence-corrected chi connectivity index (χ3v) is 5.03. The molecule has 2 saturated heterocycles. The Balaban J connectivity index is 2.09. The monoisotopic (exact) mass is 205 g/mol. The Morgan fingerprint density at radius 2 is 1.92 bits per heavy atom. The standard InChI is InChI=1S/C8H15NO3S/c10-13(11,8-3-6-12-7-8)9-4-1-2-5-9/h8H,1-7H2. The zero-order valence-corrected chi connectivity index (χ0v) is 8.42. The van der Waals surface area contributed by atoms with Crippen molar-refractivity contribution in [2.75, 3.05) is 26.3 Å². The summed E-state index contributed by atoms with van der Waals surface area (Å²) in [5.41, 5.74) is 0. The van der Waals surface area contributed by atoms with Crippen molar-refractivity contribution in [3.63, 3.8) is 0 Å². The van der Waals surface area contributed by atoms with E-state index in [1.807, 2.05) is 0 Å². The highest BCUT2D eigenvalue weighted by molar-refractivity contribution is 7.89. The minimum absolute atomic E-state index is 0.273. The molecule has 2 heterocycles. The van der Waals surface area contributed by atoms with Gasteiger partial charge in [-0.05, 0) is 19.3 Å². The van der Waals surface area contributed by atoms with Gasteiger partial charge >= 0.3 is 0 Å². The average molecular weight is 205 g/mol. The summed E-state index contributed by atoms with van der Waals surface area (Å²) >= 11 is 0. The van der Waals surface area contributed by atoms with Gasteiger partial charge in [-0.2, -0.15) is 0 Å². The van der Waals surface area contributed by atoms with E-state index in [4.69, 9.17) is 4.74 Å². The molecule has 2 aliphatic heterocycles. The normalized spacial score (nSPS) is 31.2. The Labute approximate surface area is 78.9 Å². The summed E-state index contributed by atoms with van der Waals surface area (Å²) < 4.78 is 30.5. The van der Waals surface area contributed by atoms with Crippen LogP contribution in [0.3, 0.4) is 0 Å². The molecule has 76 valence electrons. The highest BCUT2D eigenvalue weighted by Gasteiger charge is 2.35. The van der Waals surface area contributed by atoms with Crippen molar-refractivity contribution in [2.24, 2.45) is 0 Å². The minimum atomic E-state index is -3.03. The topological polar surface area (TPSA) is 46.6 Å². The second-order valence-electron chi connectivity index (χ2n) is 3.64. The number of sulfonamides is 1. The van der Waals surface area contributed by atoms with E-state index in [1.165, 1.54) is 0 Å². The van der Waals surface area contributed by atoms with E-state index in [0.29, 0.717) is 32.7 Å². The van der Waals surface area contributed by atoms with Crippen molar-refractivity contribution >= 4 is 10.0 Å². The summed E-state index contributed by atoms with van der Waals surface area (Å²) in [5, 5.41) is -0.273. The van der Waals surface area contributed by atoms with Crippen LogP contribution in [-0.4, -0.2) is 44.3 Å². The van der Waals surface area contributed by atoms with Gasteiger partial charge in [0.05, 0.1) is 6.61 Å². The lowest BCUT2D eigenvalue weighted by Crippen LogP contribution is -2.37. The summed E-state index contributed by atoms with van der Waals surface area (Å²) in [6.07, 6.45) is 2.68. The van der Waals surface area contributed by atoms with Gasteiger partial charge in [0.15, 0.2) is 0 Å². The highest BCUT2D eigenvalue weighted by Crippen LogP contribution is 2.21. The molecule has 0 aromatic rings. The molecule has 0 aliphatic carbocycles. The van der Waals surface area contributed by atoms with Crippen molar-refractivity contribution in [2.45, 2.75) is 24.5 Å². The van der Waals surface area contributed by atoms with Crippen LogP contribution >= 0.6 is 0 Å². The molecule has 0 spiro atoms.